The summed E-state index contributed by atoms with van der Waals surface area (Å²) in [7, 11) is 0. The Bertz CT molecular complexity index is 1770. The van der Waals surface area contributed by atoms with Crippen LogP contribution in [0.2, 0.25) is 0 Å². The van der Waals surface area contributed by atoms with E-state index in [1.807, 2.05) is 0 Å². The Morgan fingerprint density at radius 3 is 0.897 bits per heavy atom. The highest BCUT2D eigenvalue weighted by molar-refractivity contribution is 6.22. The predicted octanol–water partition coefficient (Wildman–Crippen LogP) is 9.14. The van der Waals surface area contributed by atoms with Gasteiger partial charge in [-0.15, -0.1) is 0 Å². The molecule has 0 aromatic heterocycles. The molecule has 0 unspecified atom stereocenters. The Kier molecular flexibility index (Phi) is 6.00. The summed E-state index contributed by atoms with van der Waals surface area (Å²) in [4.78, 5) is 0. The molecule has 13 heteroatoms. The maximum Gasteiger partial charge on any atom is 0.200 e. The van der Waals surface area contributed by atoms with E-state index in [2.05, 4.69) is 0 Å². The molecular weight excluding hydrogens is 559 g/mol. The van der Waals surface area contributed by atoms with Gasteiger partial charge < -0.3 is 0 Å². The highest BCUT2D eigenvalue weighted by Crippen LogP contribution is 2.50. The molecular formula is C26H5F13. The van der Waals surface area contributed by atoms with Crippen molar-refractivity contribution in [2.75, 3.05) is 0 Å². The number of benzene rings is 5. The van der Waals surface area contributed by atoms with Gasteiger partial charge in [-0.05, 0) is 5.56 Å². The van der Waals surface area contributed by atoms with Gasteiger partial charge in [0.15, 0.2) is 69.8 Å². The van der Waals surface area contributed by atoms with Gasteiger partial charge in [-0.2, -0.15) is 0 Å². The molecule has 39 heavy (non-hydrogen) atoms. The fourth-order valence-electron chi connectivity index (χ4n) is 4.42. The Hall–Kier alpha value is -4.29. The first-order valence-corrected chi connectivity index (χ1v) is 10.4. The molecule has 0 aliphatic carbocycles. The number of halogens is 13. The third kappa shape index (κ3) is 3.41. The summed E-state index contributed by atoms with van der Waals surface area (Å²) >= 11 is 0. The molecule has 5 rings (SSSR count). The summed E-state index contributed by atoms with van der Waals surface area (Å²) in [6.07, 6.45) is 0. The van der Waals surface area contributed by atoms with Gasteiger partial charge in [0.05, 0.1) is 5.56 Å². The third-order valence-corrected chi connectivity index (χ3v) is 6.06. The molecule has 0 amide bonds. The summed E-state index contributed by atoms with van der Waals surface area (Å²) in [5.41, 5.74) is -5.92. The van der Waals surface area contributed by atoms with Crippen LogP contribution in [-0.2, 0) is 0 Å². The van der Waals surface area contributed by atoms with Crippen molar-refractivity contribution in [3.63, 3.8) is 0 Å². The lowest BCUT2D eigenvalue weighted by Crippen LogP contribution is -2.10. The van der Waals surface area contributed by atoms with Crippen molar-refractivity contribution in [3.05, 3.63) is 106 Å². The van der Waals surface area contributed by atoms with Crippen LogP contribution in [0, 0.1) is 75.6 Å². The highest BCUT2D eigenvalue weighted by Gasteiger charge is 2.37. The molecule has 0 saturated carbocycles. The molecule has 0 spiro atoms. The average molecular weight is 564 g/mol. The van der Waals surface area contributed by atoms with Crippen LogP contribution in [0.3, 0.4) is 0 Å². The van der Waals surface area contributed by atoms with Crippen molar-refractivity contribution >= 4 is 21.5 Å². The number of hydrogen-bond donors (Lipinski definition) is 0. The number of hydrogen-bond acceptors (Lipinski definition) is 0. The van der Waals surface area contributed by atoms with Crippen LogP contribution in [0.5, 0.6) is 0 Å². The Morgan fingerprint density at radius 2 is 0.538 bits per heavy atom. The van der Waals surface area contributed by atoms with Crippen LogP contribution in [0.25, 0.3) is 43.8 Å². The van der Waals surface area contributed by atoms with Crippen molar-refractivity contribution in [3.8, 4) is 22.3 Å². The predicted molar refractivity (Wildman–Crippen MR) is 112 cm³/mol. The van der Waals surface area contributed by atoms with E-state index in [0.717, 1.165) is 24.3 Å². The molecule has 0 fully saturated rings. The average Bonchev–Trinajstić information content (AvgIpc) is 2.94. The second-order valence-corrected chi connectivity index (χ2v) is 8.07. The first-order chi connectivity index (χ1) is 18.3. The first kappa shape index (κ1) is 26.3. The van der Waals surface area contributed by atoms with Crippen LogP contribution < -0.4 is 0 Å². The zero-order valence-electron chi connectivity index (χ0n) is 18.3. The Morgan fingerprint density at radius 1 is 0.256 bits per heavy atom. The molecule has 0 heterocycles. The molecule has 0 saturated heterocycles. The molecule has 5 aromatic carbocycles. The van der Waals surface area contributed by atoms with Crippen LogP contribution in [-0.4, -0.2) is 0 Å². The molecule has 0 aliphatic rings. The van der Waals surface area contributed by atoms with Gasteiger partial charge in [0.25, 0.3) is 0 Å². The quantitative estimate of drug-likeness (QED) is 0.0869. The van der Waals surface area contributed by atoms with Gasteiger partial charge in [-0.25, -0.2) is 57.1 Å². The summed E-state index contributed by atoms with van der Waals surface area (Å²) in [6, 6.07) is 5.58. The smallest absolute Gasteiger partial charge is 0.200 e. The van der Waals surface area contributed by atoms with E-state index in [9.17, 15) is 39.5 Å². The standard InChI is InChI=1S/C26H5F13/c27-14-9-7(6-4-2-1-3-5-6)10-12(17(30)23(36)21(34)15(10)28)8(11(9)16(29)22(35)20(14)33)13-18(31)24(37)26(39)25(38)19(13)32/h1-5H. The molecule has 0 radical (unpaired) electrons. The monoisotopic (exact) mass is 564 g/mol. The third-order valence-electron chi connectivity index (χ3n) is 6.06. The van der Waals surface area contributed by atoms with Crippen molar-refractivity contribution < 1.29 is 57.1 Å². The van der Waals surface area contributed by atoms with E-state index in [0.29, 0.717) is 0 Å². The van der Waals surface area contributed by atoms with Crippen LogP contribution in [0.1, 0.15) is 0 Å². The van der Waals surface area contributed by atoms with Crippen molar-refractivity contribution in [2.24, 2.45) is 0 Å². The topological polar surface area (TPSA) is 0 Å². The molecule has 0 nitrogen and oxygen atoms in total. The van der Waals surface area contributed by atoms with Crippen molar-refractivity contribution in [2.45, 2.75) is 0 Å². The van der Waals surface area contributed by atoms with Gasteiger partial charge in [0.2, 0.25) is 5.82 Å². The normalized spacial score (nSPS) is 11.7. The van der Waals surface area contributed by atoms with E-state index in [1.165, 1.54) is 6.07 Å². The minimum atomic E-state index is -2.80. The van der Waals surface area contributed by atoms with Gasteiger partial charge in [0, 0.05) is 32.7 Å². The van der Waals surface area contributed by atoms with Crippen LogP contribution >= 0.6 is 0 Å². The van der Waals surface area contributed by atoms with Gasteiger partial charge in [-0.3, -0.25) is 0 Å². The Labute approximate surface area is 207 Å². The lowest BCUT2D eigenvalue weighted by atomic mass is 9.84. The Balaban J connectivity index is 2.30. The molecule has 0 atom stereocenters. The molecule has 0 aliphatic heterocycles. The van der Waals surface area contributed by atoms with E-state index in [1.54, 1.807) is 0 Å². The van der Waals surface area contributed by atoms with E-state index < -0.39 is 119 Å². The summed E-state index contributed by atoms with van der Waals surface area (Å²) < 4.78 is 191. The van der Waals surface area contributed by atoms with Gasteiger partial charge in [0.1, 0.15) is 0 Å². The summed E-state index contributed by atoms with van der Waals surface area (Å²) in [5, 5.41) is -6.92. The molecule has 5 aromatic rings. The second-order valence-electron chi connectivity index (χ2n) is 8.07. The molecule has 0 N–H and O–H groups in total. The molecule has 200 valence electrons. The SMILES string of the molecule is Fc1c(F)c(F)c(-c2c3c(F)c(F)c(F)c(F)c3c(-c3ccccc3)c3c(F)c(F)c(F)c(F)c23)c(F)c1F. The summed E-state index contributed by atoms with van der Waals surface area (Å²) in [6.45, 7) is 0. The van der Waals surface area contributed by atoms with Crippen molar-refractivity contribution in [1.29, 1.82) is 0 Å². The minimum Gasteiger partial charge on any atom is -0.203 e. The lowest BCUT2D eigenvalue weighted by Gasteiger charge is -2.21. The zero-order chi connectivity index (χ0) is 28.7. The fourth-order valence-corrected chi connectivity index (χ4v) is 4.42. The van der Waals surface area contributed by atoms with Gasteiger partial charge >= 0.3 is 0 Å². The second kappa shape index (κ2) is 8.89. The highest BCUT2D eigenvalue weighted by atomic mass is 19.2. The largest absolute Gasteiger partial charge is 0.203 e. The van der Waals surface area contributed by atoms with E-state index >= 15 is 17.6 Å². The zero-order valence-corrected chi connectivity index (χ0v) is 18.3. The summed E-state index contributed by atoms with van der Waals surface area (Å²) in [5.74, 6) is -34.3. The molecule has 0 bridgehead atoms. The fraction of sp³-hybridized carbons (Fsp3) is 0. The number of rotatable bonds is 2. The van der Waals surface area contributed by atoms with E-state index in [4.69, 9.17) is 0 Å². The van der Waals surface area contributed by atoms with E-state index in [-0.39, 0.29) is 0 Å². The van der Waals surface area contributed by atoms with Gasteiger partial charge in [-0.1, -0.05) is 30.3 Å². The lowest BCUT2D eigenvalue weighted by molar-refractivity contribution is 0.381. The first-order valence-electron chi connectivity index (χ1n) is 10.4. The number of fused-ring (bicyclic) bond motifs is 2. The maximum absolute atomic E-state index is 15.3. The van der Waals surface area contributed by atoms with Crippen LogP contribution in [0.15, 0.2) is 30.3 Å². The van der Waals surface area contributed by atoms with Crippen molar-refractivity contribution in [1.82, 2.24) is 0 Å². The van der Waals surface area contributed by atoms with Crippen LogP contribution in [0.4, 0.5) is 57.1 Å². The minimum absolute atomic E-state index is 0.481. The maximum atomic E-state index is 15.3.